The van der Waals surface area contributed by atoms with Crippen molar-refractivity contribution < 1.29 is 14.3 Å². The molecule has 5 heteroatoms. The van der Waals surface area contributed by atoms with Crippen molar-refractivity contribution in [3.05, 3.63) is 29.3 Å². The van der Waals surface area contributed by atoms with E-state index in [9.17, 15) is 9.59 Å². The normalized spacial score (nSPS) is 16.5. The van der Waals surface area contributed by atoms with Crippen LogP contribution in [0.15, 0.2) is 18.2 Å². The van der Waals surface area contributed by atoms with Crippen LogP contribution < -0.4 is 5.32 Å². The number of anilines is 1. The number of carbonyl (C=O) groups is 2. The van der Waals surface area contributed by atoms with Gasteiger partial charge in [-0.3, -0.25) is 9.59 Å². The number of carbonyl (C=O) groups excluding carboxylic acids is 2. The van der Waals surface area contributed by atoms with E-state index in [4.69, 9.17) is 4.74 Å². The topological polar surface area (TPSA) is 58.6 Å². The third-order valence-corrected chi connectivity index (χ3v) is 5.01. The van der Waals surface area contributed by atoms with Crippen molar-refractivity contribution in [2.24, 2.45) is 0 Å². The Morgan fingerprint density at radius 3 is 2.77 bits per heavy atom. The lowest BCUT2D eigenvalue weighted by molar-refractivity contribution is -0.136. The second kappa shape index (κ2) is 10.3. The van der Waals surface area contributed by atoms with Gasteiger partial charge in [0, 0.05) is 25.3 Å². The summed E-state index contributed by atoms with van der Waals surface area (Å²) in [4.78, 5) is 26.8. The van der Waals surface area contributed by atoms with Crippen LogP contribution in [0.4, 0.5) is 5.69 Å². The highest BCUT2D eigenvalue weighted by atomic mass is 16.5. The minimum atomic E-state index is -0.152. The standard InChI is InChI=1S/C21H32N2O3/c1-4-5-6-12-21(25)23(14-18-10-8-13-26-18)15-20(24)22-19-11-7-9-16(2)17(19)3/h7,9,11,18H,4-6,8,10,12-15H2,1-3H3,(H,22,24). The van der Waals surface area contributed by atoms with Crippen LogP contribution in [0.25, 0.3) is 0 Å². The molecule has 0 bridgehead atoms. The molecule has 5 nitrogen and oxygen atoms in total. The van der Waals surface area contributed by atoms with Gasteiger partial charge in [0.15, 0.2) is 0 Å². The Morgan fingerprint density at radius 2 is 2.08 bits per heavy atom. The Labute approximate surface area is 157 Å². The predicted octanol–water partition coefficient (Wildman–Crippen LogP) is 3.83. The molecule has 1 aliphatic heterocycles. The molecule has 144 valence electrons. The summed E-state index contributed by atoms with van der Waals surface area (Å²) in [5, 5.41) is 2.95. The van der Waals surface area contributed by atoms with Crippen LogP contribution in [-0.4, -0.2) is 42.5 Å². The van der Waals surface area contributed by atoms with Gasteiger partial charge in [-0.05, 0) is 50.3 Å². The van der Waals surface area contributed by atoms with E-state index >= 15 is 0 Å². The molecule has 1 saturated heterocycles. The number of unbranched alkanes of at least 4 members (excludes halogenated alkanes) is 2. The lowest BCUT2D eigenvalue weighted by Crippen LogP contribution is -2.42. The molecule has 1 fully saturated rings. The molecule has 1 atom stereocenters. The first-order chi connectivity index (χ1) is 12.5. The van der Waals surface area contributed by atoms with E-state index in [0.717, 1.165) is 55.5 Å². The average Bonchev–Trinajstić information content (AvgIpc) is 3.11. The summed E-state index contributed by atoms with van der Waals surface area (Å²) in [6.45, 7) is 7.46. The zero-order chi connectivity index (χ0) is 18.9. The number of hydrogen-bond donors (Lipinski definition) is 1. The molecule has 0 saturated carbocycles. The van der Waals surface area contributed by atoms with Gasteiger partial charge in [0.2, 0.25) is 11.8 Å². The maximum Gasteiger partial charge on any atom is 0.244 e. The van der Waals surface area contributed by atoms with Crippen LogP contribution in [0.5, 0.6) is 0 Å². The molecule has 2 rings (SSSR count). The van der Waals surface area contributed by atoms with E-state index in [2.05, 4.69) is 12.2 Å². The van der Waals surface area contributed by atoms with Crippen LogP contribution in [0.2, 0.25) is 0 Å². The third kappa shape index (κ3) is 6.13. The summed E-state index contributed by atoms with van der Waals surface area (Å²) in [6, 6.07) is 5.84. The first kappa shape index (κ1) is 20.4. The quantitative estimate of drug-likeness (QED) is 0.681. The molecule has 1 aliphatic rings. The second-order valence-electron chi connectivity index (χ2n) is 7.16. The van der Waals surface area contributed by atoms with Crippen molar-refractivity contribution in [3.8, 4) is 0 Å². The molecule has 0 aliphatic carbocycles. The number of amides is 2. The number of ether oxygens (including phenoxy) is 1. The molecule has 0 aromatic heterocycles. The Hall–Kier alpha value is -1.88. The lowest BCUT2D eigenvalue weighted by Gasteiger charge is -2.25. The maximum absolute atomic E-state index is 12.6. The molecule has 2 amide bonds. The maximum atomic E-state index is 12.6. The van der Waals surface area contributed by atoms with Gasteiger partial charge in [-0.1, -0.05) is 31.9 Å². The molecular formula is C21H32N2O3. The molecule has 1 unspecified atom stereocenters. The summed E-state index contributed by atoms with van der Waals surface area (Å²) in [5.74, 6) is -0.106. The van der Waals surface area contributed by atoms with Crippen molar-refractivity contribution in [2.45, 2.75) is 65.4 Å². The van der Waals surface area contributed by atoms with Crippen molar-refractivity contribution in [1.82, 2.24) is 4.90 Å². The van der Waals surface area contributed by atoms with Crippen molar-refractivity contribution in [2.75, 3.05) is 25.0 Å². The number of benzene rings is 1. The number of nitrogens with zero attached hydrogens (tertiary/aromatic N) is 1. The summed E-state index contributed by atoms with van der Waals surface area (Å²) < 4.78 is 5.67. The average molecular weight is 360 g/mol. The Bertz CT molecular complexity index is 609. The predicted molar refractivity (Wildman–Crippen MR) is 104 cm³/mol. The van der Waals surface area contributed by atoms with Crippen LogP contribution in [0.1, 0.15) is 56.6 Å². The molecular weight excluding hydrogens is 328 g/mol. The highest BCUT2D eigenvalue weighted by Gasteiger charge is 2.24. The Kier molecular flexibility index (Phi) is 8.10. The van der Waals surface area contributed by atoms with Gasteiger partial charge in [-0.2, -0.15) is 0 Å². The van der Waals surface area contributed by atoms with Gasteiger partial charge in [0.25, 0.3) is 0 Å². The summed E-state index contributed by atoms with van der Waals surface area (Å²) in [5.41, 5.74) is 3.00. The zero-order valence-corrected chi connectivity index (χ0v) is 16.3. The third-order valence-electron chi connectivity index (χ3n) is 5.01. The molecule has 26 heavy (non-hydrogen) atoms. The molecule has 1 aromatic carbocycles. The largest absolute Gasteiger partial charge is 0.376 e. The molecule has 1 N–H and O–H groups in total. The van der Waals surface area contributed by atoms with Crippen LogP contribution in [0.3, 0.4) is 0 Å². The fourth-order valence-corrected chi connectivity index (χ4v) is 3.22. The van der Waals surface area contributed by atoms with Gasteiger partial charge < -0.3 is 15.0 Å². The summed E-state index contributed by atoms with van der Waals surface area (Å²) in [6.07, 6.45) is 5.51. The molecule has 1 heterocycles. The smallest absolute Gasteiger partial charge is 0.244 e. The number of aryl methyl sites for hydroxylation is 1. The minimum Gasteiger partial charge on any atom is -0.376 e. The van der Waals surface area contributed by atoms with Gasteiger partial charge >= 0.3 is 0 Å². The van der Waals surface area contributed by atoms with Crippen LogP contribution in [-0.2, 0) is 14.3 Å². The van der Waals surface area contributed by atoms with Crippen LogP contribution in [0, 0.1) is 13.8 Å². The molecule has 0 spiro atoms. The highest BCUT2D eigenvalue weighted by Crippen LogP contribution is 2.18. The highest BCUT2D eigenvalue weighted by molar-refractivity contribution is 5.95. The number of nitrogens with one attached hydrogen (secondary N) is 1. The fourth-order valence-electron chi connectivity index (χ4n) is 3.22. The number of hydrogen-bond acceptors (Lipinski definition) is 3. The van der Waals surface area contributed by atoms with Crippen molar-refractivity contribution in [1.29, 1.82) is 0 Å². The van der Waals surface area contributed by atoms with Gasteiger partial charge in [-0.15, -0.1) is 0 Å². The van der Waals surface area contributed by atoms with Crippen LogP contribution >= 0.6 is 0 Å². The minimum absolute atomic E-state index is 0.0464. The van der Waals surface area contributed by atoms with E-state index in [-0.39, 0.29) is 24.5 Å². The van der Waals surface area contributed by atoms with E-state index in [1.807, 2.05) is 32.0 Å². The zero-order valence-electron chi connectivity index (χ0n) is 16.3. The molecule has 0 radical (unpaired) electrons. The Morgan fingerprint density at radius 1 is 1.27 bits per heavy atom. The van der Waals surface area contributed by atoms with Gasteiger partial charge in [-0.25, -0.2) is 0 Å². The van der Waals surface area contributed by atoms with E-state index in [1.54, 1.807) is 4.90 Å². The lowest BCUT2D eigenvalue weighted by atomic mass is 10.1. The van der Waals surface area contributed by atoms with Gasteiger partial charge in [0.1, 0.15) is 0 Å². The fraction of sp³-hybridized carbons (Fsp3) is 0.619. The van der Waals surface area contributed by atoms with Crippen molar-refractivity contribution in [3.63, 3.8) is 0 Å². The summed E-state index contributed by atoms with van der Waals surface area (Å²) in [7, 11) is 0. The second-order valence-corrected chi connectivity index (χ2v) is 7.16. The van der Waals surface area contributed by atoms with Crippen molar-refractivity contribution >= 4 is 17.5 Å². The van der Waals surface area contributed by atoms with E-state index in [1.165, 1.54) is 0 Å². The first-order valence-corrected chi connectivity index (χ1v) is 9.76. The molecule has 1 aromatic rings. The Balaban J connectivity index is 1.97. The monoisotopic (exact) mass is 360 g/mol. The van der Waals surface area contributed by atoms with E-state index in [0.29, 0.717) is 13.0 Å². The summed E-state index contributed by atoms with van der Waals surface area (Å²) >= 11 is 0. The SMILES string of the molecule is CCCCCC(=O)N(CC(=O)Nc1cccc(C)c1C)CC1CCCO1. The van der Waals surface area contributed by atoms with E-state index < -0.39 is 0 Å². The van der Waals surface area contributed by atoms with Gasteiger partial charge in [0.05, 0.1) is 12.6 Å². The first-order valence-electron chi connectivity index (χ1n) is 9.76. The number of rotatable bonds is 9.